The smallest absolute Gasteiger partial charge is 0.242 e. The van der Waals surface area contributed by atoms with E-state index in [1.165, 1.54) is 0 Å². The van der Waals surface area contributed by atoms with Crippen molar-refractivity contribution in [1.29, 1.82) is 0 Å². The third kappa shape index (κ3) is 3.12. The summed E-state index contributed by atoms with van der Waals surface area (Å²) in [7, 11) is -1.74. The zero-order valence-electron chi connectivity index (χ0n) is 11.5. The van der Waals surface area contributed by atoms with Gasteiger partial charge in [-0.15, -0.1) is 11.3 Å². The number of hydrogen-bond acceptors (Lipinski definition) is 4. The molecule has 7 heteroatoms. The van der Waals surface area contributed by atoms with Crippen molar-refractivity contribution in [3.05, 3.63) is 40.3 Å². The highest BCUT2D eigenvalue weighted by atomic mass is 32.2. The molecule has 0 bridgehead atoms. The Morgan fingerprint density at radius 2 is 2.25 bits per heavy atom. The van der Waals surface area contributed by atoms with E-state index in [1.807, 2.05) is 24.4 Å². The molecule has 0 aliphatic heterocycles. The maximum Gasteiger partial charge on any atom is 0.242 e. The van der Waals surface area contributed by atoms with Gasteiger partial charge < -0.3 is 10.3 Å². The Morgan fingerprint density at radius 1 is 1.50 bits per heavy atom. The van der Waals surface area contributed by atoms with Gasteiger partial charge in [0.25, 0.3) is 0 Å². The van der Waals surface area contributed by atoms with Crippen LogP contribution in [0, 0.1) is 0 Å². The van der Waals surface area contributed by atoms with E-state index < -0.39 is 10.0 Å². The van der Waals surface area contributed by atoms with Gasteiger partial charge in [-0.25, -0.2) is 13.1 Å². The van der Waals surface area contributed by atoms with E-state index in [4.69, 9.17) is 5.73 Å². The zero-order valence-corrected chi connectivity index (χ0v) is 13.2. The maximum atomic E-state index is 12.4. The first-order valence-corrected chi connectivity index (χ1v) is 8.75. The number of rotatable bonds is 6. The number of sulfonamides is 1. The van der Waals surface area contributed by atoms with Crippen LogP contribution in [0.25, 0.3) is 0 Å². The van der Waals surface area contributed by atoms with E-state index >= 15 is 0 Å². The van der Waals surface area contributed by atoms with Gasteiger partial charge in [0.05, 0.1) is 10.9 Å². The summed E-state index contributed by atoms with van der Waals surface area (Å²) in [5.41, 5.74) is 6.36. The minimum atomic E-state index is -3.53. The maximum absolute atomic E-state index is 12.4. The van der Waals surface area contributed by atoms with Crippen molar-refractivity contribution in [2.45, 2.75) is 30.8 Å². The molecule has 2 rings (SSSR count). The van der Waals surface area contributed by atoms with Crippen LogP contribution in [0.1, 0.15) is 30.0 Å². The first kappa shape index (κ1) is 15.2. The standard InChI is InChI=1S/C13H19N3O2S2/c1-3-12(13-5-4-6-19-13)15-20(17,18)11-7-10(8-14)16(2)9-11/h4-7,9,12,15H,3,8,14H2,1-2H3. The molecule has 110 valence electrons. The van der Waals surface area contributed by atoms with E-state index in [9.17, 15) is 8.42 Å². The normalized spacial score (nSPS) is 13.6. The first-order chi connectivity index (χ1) is 9.47. The quantitative estimate of drug-likeness (QED) is 0.856. The lowest BCUT2D eigenvalue weighted by atomic mass is 10.2. The van der Waals surface area contributed by atoms with Gasteiger partial charge in [-0.05, 0) is 23.9 Å². The zero-order chi connectivity index (χ0) is 14.8. The van der Waals surface area contributed by atoms with Gasteiger partial charge in [0, 0.05) is 30.4 Å². The molecule has 5 nitrogen and oxygen atoms in total. The van der Waals surface area contributed by atoms with Crippen molar-refractivity contribution in [1.82, 2.24) is 9.29 Å². The van der Waals surface area contributed by atoms with Crippen LogP contribution in [0.5, 0.6) is 0 Å². The van der Waals surface area contributed by atoms with Crippen LogP contribution in [0.15, 0.2) is 34.7 Å². The minimum Gasteiger partial charge on any atom is -0.352 e. The number of nitrogens with one attached hydrogen (secondary N) is 1. The van der Waals surface area contributed by atoms with E-state index in [0.29, 0.717) is 13.0 Å². The average Bonchev–Trinajstić information content (AvgIpc) is 3.05. The number of thiophene rings is 1. The second-order valence-corrected chi connectivity index (χ2v) is 7.27. The largest absolute Gasteiger partial charge is 0.352 e. The number of hydrogen-bond donors (Lipinski definition) is 2. The van der Waals surface area contributed by atoms with Gasteiger partial charge in [-0.1, -0.05) is 13.0 Å². The molecular weight excluding hydrogens is 294 g/mol. The molecule has 0 saturated heterocycles. The molecular formula is C13H19N3O2S2. The Bertz CT molecular complexity index is 660. The van der Waals surface area contributed by atoms with Crippen LogP contribution in [-0.4, -0.2) is 13.0 Å². The molecule has 0 spiro atoms. The Morgan fingerprint density at radius 3 is 2.75 bits per heavy atom. The lowest BCUT2D eigenvalue weighted by molar-refractivity contribution is 0.553. The monoisotopic (exact) mass is 313 g/mol. The van der Waals surface area contributed by atoms with Crippen molar-refractivity contribution in [2.24, 2.45) is 12.8 Å². The van der Waals surface area contributed by atoms with Crippen LogP contribution in [0.3, 0.4) is 0 Å². The molecule has 1 atom stereocenters. The number of aryl methyl sites for hydroxylation is 1. The van der Waals surface area contributed by atoms with Crippen molar-refractivity contribution in [2.75, 3.05) is 0 Å². The molecule has 20 heavy (non-hydrogen) atoms. The van der Waals surface area contributed by atoms with Crippen LogP contribution in [0.4, 0.5) is 0 Å². The average molecular weight is 313 g/mol. The summed E-state index contributed by atoms with van der Waals surface area (Å²) in [6.07, 6.45) is 2.29. The molecule has 0 amide bonds. The summed E-state index contributed by atoms with van der Waals surface area (Å²) < 4.78 is 29.3. The van der Waals surface area contributed by atoms with Gasteiger partial charge in [0.15, 0.2) is 0 Å². The summed E-state index contributed by atoms with van der Waals surface area (Å²) in [4.78, 5) is 1.28. The fourth-order valence-electron chi connectivity index (χ4n) is 2.01. The predicted octanol–water partition coefficient (Wildman–Crippen LogP) is 1.97. The fourth-order valence-corrected chi connectivity index (χ4v) is 4.34. The molecule has 0 radical (unpaired) electrons. The van der Waals surface area contributed by atoms with E-state index in [0.717, 1.165) is 10.6 Å². The highest BCUT2D eigenvalue weighted by Crippen LogP contribution is 2.24. The Hall–Kier alpha value is -1.15. The summed E-state index contributed by atoms with van der Waals surface area (Å²) in [5, 5.41) is 1.95. The van der Waals surface area contributed by atoms with Crippen LogP contribution in [-0.2, 0) is 23.6 Å². The molecule has 1 unspecified atom stereocenters. The lowest BCUT2D eigenvalue weighted by Gasteiger charge is -2.14. The van der Waals surface area contributed by atoms with E-state index in [1.54, 1.807) is 35.2 Å². The highest BCUT2D eigenvalue weighted by Gasteiger charge is 2.22. The molecule has 2 heterocycles. The Labute approximate surface area is 123 Å². The third-order valence-corrected chi connectivity index (χ3v) is 5.62. The number of aromatic nitrogens is 1. The predicted molar refractivity (Wildman–Crippen MR) is 81.0 cm³/mol. The van der Waals surface area contributed by atoms with Gasteiger partial charge in [-0.2, -0.15) is 0 Å². The number of nitrogens with zero attached hydrogens (tertiary/aromatic N) is 1. The van der Waals surface area contributed by atoms with E-state index in [2.05, 4.69) is 4.72 Å². The van der Waals surface area contributed by atoms with Crippen LogP contribution in [0.2, 0.25) is 0 Å². The fraction of sp³-hybridized carbons (Fsp3) is 0.385. The number of nitrogens with two attached hydrogens (primary N) is 1. The Kier molecular flexibility index (Phi) is 4.64. The Balaban J connectivity index is 2.25. The summed E-state index contributed by atoms with van der Waals surface area (Å²) >= 11 is 1.55. The van der Waals surface area contributed by atoms with Gasteiger partial charge in [-0.3, -0.25) is 0 Å². The second kappa shape index (κ2) is 6.09. The van der Waals surface area contributed by atoms with Crippen LogP contribution < -0.4 is 10.5 Å². The summed E-state index contributed by atoms with van der Waals surface area (Å²) in [6.45, 7) is 2.28. The molecule has 0 saturated carbocycles. The van der Waals surface area contributed by atoms with Crippen molar-refractivity contribution in [3.63, 3.8) is 0 Å². The summed E-state index contributed by atoms with van der Waals surface area (Å²) in [6, 6.07) is 5.29. The molecule has 0 aromatic carbocycles. The summed E-state index contributed by atoms with van der Waals surface area (Å²) in [5.74, 6) is 0. The molecule has 0 aliphatic rings. The third-order valence-electron chi connectivity index (χ3n) is 3.19. The first-order valence-electron chi connectivity index (χ1n) is 6.39. The van der Waals surface area contributed by atoms with Crippen molar-refractivity contribution < 1.29 is 8.42 Å². The van der Waals surface area contributed by atoms with E-state index in [-0.39, 0.29) is 10.9 Å². The topological polar surface area (TPSA) is 77.1 Å². The molecule has 2 aromatic heterocycles. The van der Waals surface area contributed by atoms with Gasteiger partial charge in [0.1, 0.15) is 0 Å². The molecule has 0 aliphatic carbocycles. The molecule has 0 fully saturated rings. The minimum absolute atomic E-state index is 0.193. The van der Waals surface area contributed by atoms with Crippen molar-refractivity contribution >= 4 is 21.4 Å². The van der Waals surface area contributed by atoms with Gasteiger partial charge >= 0.3 is 0 Å². The molecule has 3 N–H and O–H groups in total. The molecule has 2 aromatic rings. The lowest BCUT2D eigenvalue weighted by Crippen LogP contribution is -2.27. The van der Waals surface area contributed by atoms with Crippen LogP contribution >= 0.6 is 11.3 Å². The SMILES string of the molecule is CCC(NS(=O)(=O)c1cc(CN)n(C)c1)c1cccs1. The van der Waals surface area contributed by atoms with Gasteiger partial charge in [0.2, 0.25) is 10.0 Å². The second-order valence-electron chi connectivity index (χ2n) is 4.58. The highest BCUT2D eigenvalue weighted by molar-refractivity contribution is 7.89. The van der Waals surface area contributed by atoms with Crippen molar-refractivity contribution in [3.8, 4) is 0 Å².